The van der Waals surface area contributed by atoms with Crippen LogP contribution in [0.4, 0.5) is 18.9 Å². The number of nitrogens with zero attached hydrogens (tertiary/aromatic N) is 1. The first kappa shape index (κ1) is 14.4. The van der Waals surface area contributed by atoms with Gasteiger partial charge in [-0.3, -0.25) is 9.59 Å². The lowest BCUT2D eigenvalue weighted by Crippen LogP contribution is -2.38. The molecular weight excluding hydrogens is 311 g/mol. The zero-order valence-electron chi connectivity index (χ0n) is 12.0. The van der Waals surface area contributed by atoms with Gasteiger partial charge in [0.15, 0.2) is 0 Å². The SMILES string of the molecule is C[C@@]12C=C[C@@H](O1)[C@@H]1C(=O)N(c3cccc(C(F)(F)F)c3)C(=O)[C@H]12. The fourth-order valence-electron chi connectivity index (χ4n) is 3.73. The first-order valence-electron chi connectivity index (χ1n) is 7.15. The standard InChI is InChI=1S/C16H12F3NO3/c1-15-6-5-10(23-15)11-12(15)14(22)20(13(11)21)9-4-2-3-8(7-9)16(17,18)19/h2-7,10-12H,1H3/t10-,11+,12+,15+/m1/s1. The molecule has 0 spiro atoms. The molecule has 2 bridgehead atoms. The Morgan fingerprint density at radius 2 is 1.96 bits per heavy atom. The molecule has 0 aliphatic carbocycles. The van der Waals surface area contributed by atoms with Crippen molar-refractivity contribution in [2.45, 2.75) is 24.8 Å². The van der Waals surface area contributed by atoms with Crippen molar-refractivity contribution in [3.05, 3.63) is 42.0 Å². The maximum Gasteiger partial charge on any atom is 0.416 e. The zero-order valence-corrected chi connectivity index (χ0v) is 12.0. The molecule has 1 aromatic rings. The van der Waals surface area contributed by atoms with Crippen molar-refractivity contribution in [3.8, 4) is 0 Å². The number of amides is 2. The molecule has 0 N–H and O–H groups in total. The van der Waals surface area contributed by atoms with Crippen molar-refractivity contribution in [2.75, 3.05) is 4.90 Å². The predicted octanol–water partition coefficient (Wildman–Crippen LogP) is 2.54. The Balaban J connectivity index is 1.75. The number of ether oxygens (including phenoxy) is 1. The van der Waals surface area contributed by atoms with Crippen LogP contribution in [0.3, 0.4) is 0 Å². The minimum absolute atomic E-state index is 0.0489. The molecule has 7 heteroatoms. The van der Waals surface area contributed by atoms with Gasteiger partial charge in [-0.1, -0.05) is 18.2 Å². The molecule has 120 valence electrons. The number of benzene rings is 1. The van der Waals surface area contributed by atoms with E-state index in [0.29, 0.717) is 0 Å². The van der Waals surface area contributed by atoms with Gasteiger partial charge in [0.25, 0.3) is 0 Å². The number of carbonyl (C=O) groups excluding carboxylic acids is 2. The van der Waals surface area contributed by atoms with Crippen LogP contribution >= 0.6 is 0 Å². The van der Waals surface area contributed by atoms with Crippen molar-refractivity contribution in [2.24, 2.45) is 11.8 Å². The molecule has 4 atom stereocenters. The maximum absolute atomic E-state index is 12.9. The number of hydrogen-bond acceptors (Lipinski definition) is 3. The summed E-state index contributed by atoms with van der Waals surface area (Å²) in [5.41, 5.74) is -1.80. The molecule has 4 nitrogen and oxygen atoms in total. The van der Waals surface area contributed by atoms with Crippen LogP contribution in [0.5, 0.6) is 0 Å². The van der Waals surface area contributed by atoms with E-state index >= 15 is 0 Å². The molecule has 3 aliphatic rings. The second-order valence-corrected chi connectivity index (χ2v) is 6.19. The highest BCUT2D eigenvalue weighted by atomic mass is 19.4. The smallest absolute Gasteiger partial charge is 0.362 e. The van der Waals surface area contributed by atoms with E-state index in [1.165, 1.54) is 12.1 Å². The van der Waals surface area contributed by atoms with Crippen molar-refractivity contribution in [1.82, 2.24) is 0 Å². The Kier molecular flexibility index (Phi) is 2.65. The topological polar surface area (TPSA) is 46.6 Å². The number of fused-ring (bicyclic) bond motifs is 5. The van der Waals surface area contributed by atoms with Gasteiger partial charge in [-0.25, -0.2) is 4.90 Å². The van der Waals surface area contributed by atoms with Crippen molar-refractivity contribution in [3.63, 3.8) is 0 Å². The van der Waals surface area contributed by atoms with Gasteiger partial charge in [0.2, 0.25) is 11.8 Å². The van der Waals surface area contributed by atoms with Gasteiger partial charge in [-0.15, -0.1) is 0 Å². The number of alkyl halides is 3. The largest absolute Gasteiger partial charge is 0.416 e. The van der Waals surface area contributed by atoms with Crippen LogP contribution < -0.4 is 4.90 Å². The van der Waals surface area contributed by atoms with Crippen molar-refractivity contribution >= 4 is 17.5 Å². The number of halogens is 3. The summed E-state index contributed by atoms with van der Waals surface area (Å²) in [6.45, 7) is 1.72. The van der Waals surface area contributed by atoms with Crippen LogP contribution in [0.15, 0.2) is 36.4 Å². The summed E-state index contributed by atoms with van der Waals surface area (Å²) in [5, 5.41) is 0. The predicted molar refractivity (Wildman–Crippen MR) is 73.3 cm³/mol. The summed E-state index contributed by atoms with van der Waals surface area (Å²) in [6.07, 6.45) is -1.54. The highest BCUT2D eigenvalue weighted by molar-refractivity contribution is 6.23. The van der Waals surface area contributed by atoms with E-state index in [9.17, 15) is 22.8 Å². The zero-order chi connectivity index (χ0) is 16.6. The highest BCUT2D eigenvalue weighted by Gasteiger charge is 2.66. The monoisotopic (exact) mass is 323 g/mol. The van der Waals surface area contributed by atoms with Crippen molar-refractivity contribution < 1.29 is 27.5 Å². The molecule has 2 amide bonds. The number of anilines is 1. The van der Waals surface area contributed by atoms with E-state index in [2.05, 4.69) is 0 Å². The summed E-state index contributed by atoms with van der Waals surface area (Å²) < 4.78 is 44.2. The van der Waals surface area contributed by atoms with E-state index in [4.69, 9.17) is 4.74 Å². The lowest BCUT2D eigenvalue weighted by Gasteiger charge is -2.24. The van der Waals surface area contributed by atoms with Crippen LogP contribution in [0, 0.1) is 11.8 Å². The minimum Gasteiger partial charge on any atom is -0.362 e. The Hall–Kier alpha value is -2.15. The Morgan fingerprint density at radius 3 is 2.61 bits per heavy atom. The second kappa shape index (κ2) is 4.23. The molecular formula is C16H12F3NO3. The van der Waals surface area contributed by atoms with Gasteiger partial charge < -0.3 is 4.74 Å². The fourth-order valence-corrected chi connectivity index (χ4v) is 3.73. The molecule has 3 aliphatic heterocycles. The van der Waals surface area contributed by atoms with Crippen LogP contribution in [0.25, 0.3) is 0 Å². The Bertz CT molecular complexity index is 757. The molecule has 3 heterocycles. The third-order valence-corrected chi connectivity index (χ3v) is 4.76. The molecule has 0 radical (unpaired) electrons. The van der Waals surface area contributed by atoms with Crippen LogP contribution in [0.1, 0.15) is 12.5 Å². The summed E-state index contributed by atoms with van der Waals surface area (Å²) in [7, 11) is 0. The van der Waals surface area contributed by atoms with E-state index in [1.54, 1.807) is 19.1 Å². The fraction of sp³-hybridized carbons (Fsp3) is 0.375. The summed E-state index contributed by atoms with van der Waals surface area (Å²) in [6, 6.07) is 4.27. The molecule has 4 rings (SSSR count). The summed E-state index contributed by atoms with van der Waals surface area (Å²) >= 11 is 0. The molecule has 2 saturated heterocycles. The van der Waals surface area contributed by atoms with Crippen LogP contribution in [-0.2, 0) is 20.5 Å². The van der Waals surface area contributed by atoms with Crippen molar-refractivity contribution in [1.29, 1.82) is 0 Å². The molecule has 1 aromatic carbocycles. The maximum atomic E-state index is 12.9. The molecule has 0 saturated carbocycles. The average Bonchev–Trinajstić information content (AvgIpc) is 3.07. The lowest BCUT2D eigenvalue weighted by atomic mass is 9.78. The van der Waals surface area contributed by atoms with Gasteiger partial charge in [-0.05, 0) is 25.1 Å². The summed E-state index contributed by atoms with van der Waals surface area (Å²) in [5.74, 6) is -2.35. The van der Waals surface area contributed by atoms with E-state index in [-0.39, 0.29) is 5.69 Å². The van der Waals surface area contributed by atoms with Gasteiger partial charge in [0.05, 0.1) is 34.8 Å². The second-order valence-electron chi connectivity index (χ2n) is 6.19. The third-order valence-electron chi connectivity index (χ3n) is 4.76. The molecule has 2 fully saturated rings. The van der Waals surface area contributed by atoms with Gasteiger partial charge in [0.1, 0.15) is 0 Å². The van der Waals surface area contributed by atoms with E-state index < -0.39 is 47.1 Å². The number of carbonyl (C=O) groups is 2. The highest BCUT2D eigenvalue weighted by Crippen LogP contribution is 2.52. The van der Waals surface area contributed by atoms with E-state index in [1.807, 2.05) is 0 Å². The molecule has 23 heavy (non-hydrogen) atoms. The normalized spacial score (nSPS) is 35.3. The first-order valence-corrected chi connectivity index (χ1v) is 7.15. The Labute approximate surface area is 129 Å². The average molecular weight is 323 g/mol. The van der Waals surface area contributed by atoms with Crippen LogP contribution in [0.2, 0.25) is 0 Å². The number of hydrogen-bond donors (Lipinski definition) is 0. The minimum atomic E-state index is -4.53. The first-order chi connectivity index (χ1) is 10.7. The molecule has 0 unspecified atom stereocenters. The van der Waals surface area contributed by atoms with Crippen LogP contribution in [-0.4, -0.2) is 23.5 Å². The van der Waals surface area contributed by atoms with E-state index in [0.717, 1.165) is 17.0 Å². The third kappa shape index (κ3) is 1.83. The number of imide groups is 1. The number of rotatable bonds is 1. The van der Waals surface area contributed by atoms with Gasteiger partial charge in [0, 0.05) is 0 Å². The quantitative estimate of drug-likeness (QED) is 0.589. The lowest BCUT2D eigenvalue weighted by molar-refractivity contribution is -0.137. The van der Waals surface area contributed by atoms with Gasteiger partial charge >= 0.3 is 6.18 Å². The molecule has 0 aromatic heterocycles. The van der Waals surface area contributed by atoms with Gasteiger partial charge in [-0.2, -0.15) is 13.2 Å². The summed E-state index contributed by atoms with van der Waals surface area (Å²) in [4.78, 5) is 26.1. The Morgan fingerprint density at radius 1 is 1.22 bits per heavy atom.